The molecule has 1 aromatic carbocycles. The van der Waals surface area contributed by atoms with E-state index in [0.29, 0.717) is 10.0 Å². The highest BCUT2D eigenvalue weighted by atomic mass is 35.5. The minimum absolute atomic E-state index is 0. The average Bonchev–Trinajstić information content (AvgIpc) is 2.87. The van der Waals surface area contributed by atoms with Gasteiger partial charge in [0.2, 0.25) is 0 Å². The van der Waals surface area contributed by atoms with Gasteiger partial charge in [-0.25, -0.2) is 0 Å². The topological polar surface area (TPSA) is 26.0 Å². The van der Waals surface area contributed by atoms with Gasteiger partial charge in [0.25, 0.3) is 0 Å². The van der Waals surface area contributed by atoms with Gasteiger partial charge in [-0.3, -0.25) is 0 Å². The summed E-state index contributed by atoms with van der Waals surface area (Å²) in [4.78, 5) is 0. The van der Waals surface area contributed by atoms with Crippen LogP contribution in [0, 0.1) is 5.92 Å². The monoisotopic (exact) mass is 265 g/mol. The van der Waals surface area contributed by atoms with Gasteiger partial charge in [-0.05, 0) is 30.0 Å². The van der Waals surface area contributed by atoms with Crippen LogP contribution in [-0.4, -0.2) is 0 Å². The fourth-order valence-corrected chi connectivity index (χ4v) is 2.19. The first kappa shape index (κ1) is 13.1. The molecular formula is C11H14Cl3N. The second-order valence-corrected chi connectivity index (χ2v) is 4.80. The molecule has 0 radical (unpaired) electrons. The molecule has 1 fully saturated rings. The number of halogens is 3. The van der Waals surface area contributed by atoms with Gasteiger partial charge in [-0.15, -0.1) is 12.4 Å². The maximum absolute atomic E-state index is 6.06. The van der Waals surface area contributed by atoms with E-state index in [-0.39, 0.29) is 18.4 Å². The Bertz CT molecular complexity index is 337. The van der Waals surface area contributed by atoms with Crippen LogP contribution in [0.5, 0.6) is 0 Å². The van der Waals surface area contributed by atoms with Gasteiger partial charge >= 0.3 is 0 Å². The standard InChI is InChI=1S/C11H13Cl2N.ClH/c12-8-3-4-9(10(13)6-8)11(14)5-7-1-2-7;/h3-4,6-7,11H,1-2,5,14H2;1H/t11-;/m1./s1. The summed E-state index contributed by atoms with van der Waals surface area (Å²) in [6, 6.07) is 5.59. The maximum Gasteiger partial charge on any atom is 0.0468 e. The van der Waals surface area contributed by atoms with Gasteiger partial charge in [-0.2, -0.15) is 0 Å². The third-order valence-electron chi connectivity index (χ3n) is 2.65. The third kappa shape index (κ3) is 3.53. The molecule has 2 rings (SSSR count). The maximum atomic E-state index is 6.06. The zero-order chi connectivity index (χ0) is 10.1. The van der Waals surface area contributed by atoms with E-state index in [1.54, 1.807) is 6.07 Å². The molecule has 0 unspecified atom stereocenters. The van der Waals surface area contributed by atoms with Gasteiger partial charge in [0.05, 0.1) is 0 Å². The number of nitrogens with two attached hydrogens (primary N) is 1. The van der Waals surface area contributed by atoms with Gasteiger partial charge in [0, 0.05) is 16.1 Å². The summed E-state index contributed by atoms with van der Waals surface area (Å²) in [5, 5.41) is 1.35. The number of hydrogen-bond donors (Lipinski definition) is 1. The van der Waals surface area contributed by atoms with E-state index in [4.69, 9.17) is 28.9 Å². The SMILES string of the molecule is Cl.N[C@H](CC1CC1)c1ccc(Cl)cc1Cl. The Morgan fingerprint density at radius 1 is 1.33 bits per heavy atom. The number of benzene rings is 1. The summed E-state index contributed by atoms with van der Waals surface area (Å²) in [6.45, 7) is 0. The van der Waals surface area contributed by atoms with Crippen molar-refractivity contribution in [3.63, 3.8) is 0 Å². The van der Waals surface area contributed by atoms with Gasteiger partial charge in [0.1, 0.15) is 0 Å². The second kappa shape index (κ2) is 5.40. The molecule has 1 aliphatic carbocycles. The van der Waals surface area contributed by atoms with Crippen LogP contribution in [0.1, 0.15) is 30.9 Å². The zero-order valence-corrected chi connectivity index (χ0v) is 10.6. The van der Waals surface area contributed by atoms with Crippen LogP contribution in [-0.2, 0) is 0 Å². The van der Waals surface area contributed by atoms with E-state index in [1.165, 1.54) is 12.8 Å². The van der Waals surface area contributed by atoms with Crippen molar-refractivity contribution in [3.8, 4) is 0 Å². The van der Waals surface area contributed by atoms with Crippen molar-refractivity contribution in [1.82, 2.24) is 0 Å². The van der Waals surface area contributed by atoms with Crippen molar-refractivity contribution in [2.75, 3.05) is 0 Å². The van der Waals surface area contributed by atoms with E-state index in [0.717, 1.165) is 17.9 Å². The molecule has 1 aliphatic rings. The fraction of sp³-hybridized carbons (Fsp3) is 0.455. The molecule has 0 aromatic heterocycles. The molecule has 4 heteroatoms. The van der Waals surface area contributed by atoms with Gasteiger partial charge in [-0.1, -0.05) is 42.1 Å². The van der Waals surface area contributed by atoms with Crippen LogP contribution >= 0.6 is 35.6 Å². The molecule has 2 N–H and O–H groups in total. The largest absolute Gasteiger partial charge is 0.324 e. The van der Waals surface area contributed by atoms with E-state index in [1.807, 2.05) is 12.1 Å². The average molecular weight is 267 g/mol. The molecule has 0 aliphatic heterocycles. The number of hydrogen-bond acceptors (Lipinski definition) is 1. The molecule has 0 saturated heterocycles. The van der Waals surface area contributed by atoms with Gasteiger partial charge in [0.15, 0.2) is 0 Å². The minimum atomic E-state index is 0. The van der Waals surface area contributed by atoms with E-state index in [2.05, 4.69) is 0 Å². The molecule has 1 atom stereocenters. The summed E-state index contributed by atoms with van der Waals surface area (Å²) in [7, 11) is 0. The Kier molecular flexibility index (Phi) is 4.72. The Hall–Kier alpha value is 0.0500. The fourth-order valence-electron chi connectivity index (χ4n) is 1.64. The van der Waals surface area contributed by atoms with Crippen LogP contribution in [0.15, 0.2) is 18.2 Å². The highest BCUT2D eigenvalue weighted by molar-refractivity contribution is 6.35. The molecule has 0 spiro atoms. The van der Waals surface area contributed by atoms with Crippen molar-refractivity contribution < 1.29 is 0 Å². The Morgan fingerprint density at radius 2 is 2.00 bits per heavy atom. The quantitative estimate of drug-likeness (QED) is 0.871. The lowest BCUT2D eigenvalue weighted by atomic mass is 10.0. The normalized spacial score (nSPS) is 17.0. The van der Waals surface area contributed by atoms with Crippen molar-refractivity contribution in [2.45, 2.75) is 25.3 Å². The predicted octanol–water partition coefficient (Wildman–Crippen LogP) is 4.22. The lowest BCUT2D eigenvalue weighted by Gasteiger charge is -2.13. The molecular weight excluding hydrogens is 252 g/mol. The molecule has 0 heterocycles. The Morgan fingerprint density at radius 3 is 2.53 bits per heavy atom. The molecule has 1 saturated carbocycles. The minimum Gasteiger partial charge on any atom is -0.324 e. The first-order chi connectivity index (χ1) is 6.66. The van der Waals surface area contributed by atoms with E-state index >= 15 is 0 Å². The van der Waals surface area contributed by atoms with Gasteiger partial charge < -0.3 is 5.73 Å². The summed E-state index contributed by atoms with van der Waals surface area (Å²) in [5.74, 6) is 0.816. The molecule has 0 amide bonds. The van der Waals surface area contributed by atoms with Crippen LogP contribution in [0.2, 0.25) is 10.0 Å². The lowest BCUT2D eigenvalue weighted by molar-refractivity contribution is 0.597. The highest BCUT2D eigenvalue weighted by Crippen LogP contribution is 2.38. The molecule has 0 bridgehead atoms. The van der Waals surface area contributed by atoms with Crippen molar-refractivity contribution in [3.05, 3.63) is 33.8 Å². The summed E-state index contributed by atoms with van der Waals surface area (Å²) in [5.41, 5.74) is 7.08. The van der Waals surface area contributed by atoms with Crippen LogP contribution in [0.25, 0.3) is 0 Å². The first-order valence-electron chi connectivity index (χ1n) is 4.87. The zero-order valence-electron chi connectivity index (χ0n) is 8.25. The summed E-state index contributed by atoms with van der Waals surface area (Å²) in [6.07, 6.45) is 3.68. The Labute approximate surface area is 106 Å². The third-order valence-corrected chi connectivity index (χ3v) is 3.21. The molecule has 1 nitrogen and oxygen atoms in total. The predicted molar refractivity (Wildman–Crippen MR) is 68.0 cm³/mol. The van der Waals surface area contributed by atoms with Crippen LogP contribution < -0.4 is 5.73 Å². The highest BCUT2D eigenvalue weighted by Gasteiger charge is 2.25. The lowest BCUT2D eigenvalue weighted by Crippen LogP contribution is -2.11. The molecule has 1 aromatic rings. The van der Waals surface area contributed by atoms with Crippen LogP contribution in [0.4, 0.5) is 0 Å². The van der Waals surface area contributed by atoms with Crippen LogP contribution in [0.3, 0.4) is 0 Å². The number of rotatable bonds is 3. The second-order valence-electron chi connectivity index (χ2n) is 3.95. The van der Waals surface area contributed by atoms with Crippen molar-refractivity contribution in [2.24, 2.45) is 11.7 Å². The van der Waals surface area contributed by atoms with E-state index < -0.39 is 0 Å². The Balaban J connectivity index is 0.00000112. The molecule has 84 valence electrons. The van der Waals surface area contributed by atoms with Crippen molar-refractivity contribution >= 4 is 35.6 Å². The summed E-state index contributed by atoms with van der Waals surface area (Å²) < 4.78 is 0. The first-order valence-corrected chi connectivity index (χ1v) is 5.63. The van der Waals surface area contributed by atoms with E-state index in [9.17, 15) is 0 Å². The molecule has 15 heavy (non-hydrogen) atoms. The summed E-state index contributed by atoms with van der Waals surface area (Å²) >= 11 is 11.9. The smallest absolute Gasteiger partial charge is 0.0468 e. The van der Waals surface area contributed by atoms with Crippen molar-refractivity contribution in [1.29, 1.82) is 0 Å².